The molecule has 0 atom stereocenters. The van der Waals surface area contributed by atoms with Gasteiger partial charge in [-0.1, -0.05) is 17.7 Å². The van der Waals surface area contributed by atoms with Gasteiger partial charge in [-0.25, -0.2) is 4.79 Å². The van der Waals surface area contributed by atoms with E-state index in [1.54, 1.807) is 0 Å². The summed E-state index contributed by atoms with van der Waals surface area (Å²) < 4.78 is 7.80. The van der Waals surface area contributed by atoms with Crippen LogP contribution >= 0.6 is 0 Å². The minimum atomic E-state index is -0.245. The van der Waals surface area contributed by atoms with Gasteiger partial charge in [0.15, 0.2) is 7.14 Å². The van der Waals surface area contributed by atoms with E-state index in [0.717, 1.165) is 0 Å². The van der Waals surface area contributed by atoms with Crippen molar-refractivity contribution in [3.63, 3.8) is 0 Å². The zero-order valence-corrected chi connectivity index (χ0v) is 15.0. The molecular formula is C18H20IO2+. The summed E-state index contributed by atoms with van der Waals surface area (Å²) in [6.45, 7) is 8.73. The average Bonchev–Trinajstić information content (AvgIpc) is 2.43. The van der Waals surface area contributed by atoms with Gasteiger partial charge < -0.3 is 4.74 Å². The Morgan fingerprint density at radius 3 is 2.14 bits per heavy atom. The maximum atomic E-state index is 11.6. The number of aryl methyl sites for hydroxylation is 3. The summed E-state index contributed by atoms with van der Waals surface area (Å²) in [6.07, 6.45) is 0. The molecule has 0 amide bonds. The van der Waals surface area contributed by atoms with Crippen LogP contribution in [0.4, 0.5) is 0 Å². The third-order valence-corrected chi connectivity index (χ3v) is 6.72. The third kappa shape index (κ3) is 4.06. The Balaban J connectivity index is 2.19. The van der Waals surface area contributed by atoms with Gasteiger partial charge in [0.05, 0.1) is 12.2 Å². The second-order valence-electron chi connectivity index (χ2n) is 5.03. The van der Waals surface area contributed by atoms with Gasteiger partial charge in [0.1, 0.15) is 0 Å². The molecule has 0 N–H and O–H groups in total. The molecule has 2 rings (SSSR count). The summed E-state index contributed by atoms with van der Waals surface area (Å²) in [6, 6.07) is 12.3. The van der Waals surface area contributed by atoms with E-state index in [1.807, 2.05) is 19.1 Å². The summed E-state index contributed by atoms with van der Waals surface area (Å²) in [7, 11) is 0. The number of halogens is 1. The van der Waals surface area contributed by atoms with Crippen molar-refractivity contribution >= 4 is 5.97 Å². The van der Waals surface area contributed by atoms with E-state index in [9.17, 15) is 4.79 Å². The molecule has 0 heterocycles. The molecule has 0 radical (unpaired) electrons. The molecule has 0 unspecified atom stereocenters. The summed E-state index contributed by atoms with van der Waals surface area (Å²) in [5.41, 5.74) is 4.68. The molecule has 0 bridgehead atoms. The van der Waals surface area contributed by atoms with Crippen LogP contribution in [0.5, 0.6) is 0 Å². The van der Waals surface area contributed by atoms with Crippen LogP contribution in [0.3, 0.4) is 0 Å². The number of carbonyl (C=O) groups excluding carboxylic acids is 1. The quantitative estimate of drug-likeness (QED) is 0.569. The van der Waals surface area contributed by atoms with Crippen LogP contribution in [0.25, 0.3) is 0 Å². The Hall–Kier alpha value is -1.36. The standard InChI is InChI=1S/C18H20IO2/c1-5-21-18(20)15-6-8-16(9-7-15)19-17-13(3)10-12(2)11-14(17)4/h6-11H,5H2,1-4H3/q+1. The van der Waals surface area contributed by atoms with E-state index in [1.165, 1.54) is 23.8 Å². The Morgan fingerprint density at radius 2 is 1.62 bits per heavy atom. The van der Waals surface area contributed by atoms with E-state index in [-0.39, 0.29) is 27.2 Å². The van der Waals surface area contributed by atoms with Gasteiger partial charge in [-0.2, -0.15) is 0 Å². The lowest BCUT2D eigenvalue weighted by Crippen LogP contribution is -3.62. The van der Waals surface area contributed by atoms with Crippen molar-refractivity contribution in [2.75, 3.05) is 6.61 Å². The van der Waals surface area contributed by atoms with Crippen molar-refractivity contribution < 1.29 is 30.7 Å². The zero-order chi connectivity index (χ0) is 15.4. The molecule has 2 aromatic carbocycles. The molecule has 0 spiro atoms. The minimum Gasteiger partial charge on any atom is -0.462 e. The number of benzene rings is 2. The predicted octanol–water partition coefficient (Wildman–Crippen LogP) is 0.917. The highest BCUT2D eigenvalue weighted by atomic mass is 127. The first kappa shape index (κ1) is 16.0. The molecule has 2 nitrogen and oxygen atoms in total. The van der Waals surface area contributed by atoms with Gasteiger partial charge >= 0.3 is 27.2 Å². The highest BCUT2D eigenvalue weighted by Gasteiger charge is 2.21. The fraction of sp³-hybridized carbons (Fsp3) is 0.278. The van der Waals surface area contributed by atoms with Gasteiger partial charge in [0, 0.05) is 11.1 Å². The van der Waals surface area contributed by atoms with Crippen molar-refractivity contribution in [3.05, 3.63) is 65.8 Å². The van der Waals surface area contributed by atoms with Crippen LogP contribution in [-0.2, 0) is 4.74 Å². The predicted molar refractivity (Wildman–Crippen MR) is 80.4 cm³/mol. The molecule has 21 heavy (non-hydrogen) atoms. The van der Waals surface area contributed by atoms with Gasteiger partial charge in [-0.05, 0) is 52.0 Å². The second-order valence-corrected chi connectivity index (χ2v) is 7.90. The summed E-state index contributed by atoms with van der Waals surface area (Å²) in [5, 5.41) is 0. The van der Waals surface area contributed by atoms with E-state index < -0.39 is 0 Å². The lowest BCUT2D eigenvalue weighted by molar-refractivity contribution is -0.598. The number of esters is 1. The molecule has 0 fully saturated rings. The highest BCUT2D eigenvalue weighted by Crippen LogP contribution is 2.08. The zero-order valence-electron chi connectivity index (χ0n) is 12.9. The first-order valence-electron chi connectivity index (χ1n) is 7.01. The summed E-state index contributed by atoms with van der Waals surface area (Å²) in [4.78, 5) is 11.6. The molecule has 3 heteroatoms. The lowest BCUT2D eigenvalue weighted by atomic mass is 10.1. The molecule has 2 aromatic rings. The van der Waals surface area contributed by atoms with Crippen molar-refractivity contribution in [1.29, 1.82) is 0 Å². The van der Waals surface area contributed by atoms with Crippen LogP contribution in [0, 0.1) is 27.9 Å². The van der Waals surface area contributed by atoms with Crippen LogP contribution in [0.2, 0.25) is 0 Å². The molecule has 0 aliphatic carbocycles. The lowest BCUT2D eigenvalue weighted by Gasteiger charge is -2.02. The molecule has 0 saturated heterocycles. The van der Waals surface area contributed by atoms with Crippen molar-refractivity contribution in [2.45, 2.75) is 27.7 Å². The minimum absolute atomic E-state index is 0.221. The monoisotopic (exact) mass is 395 g/mol. The number of rotatable bonds is 4. The van der Waals surface area contributed by atoms with Crippen LogP contribution < -0.4 is 21.2 Å². The molecule has 0 aliphatic rings. The fourth-order valence-corrected chi connectivity index (χ4v) is 4.79. The van der Waals surface area contributed by atoms with Crippen molar-refractivity contribution in [2.24, 2.45) is 0 Å². The maximum Gasteiger partial charge on any atom is 0.358 e. The first-order valence-corrected chi connectivity index (χ1v) is 9.17. The van der Waals surface area contributed by atoms with Crippen LogP contribution in [0.15, 0.2) is 36.4 Å². The van der Waals surface area contributed by atoms with E-state index in [0.29, 0.717) is 12.2 Å². The Labute approximate surface area is 136 Å². The van der Waals surface area contributed by atoms with E-state index in [2.05, 4.69) is 45.0 Å². The first-order chi connectivity index (χ1) is 10.0. The smallest absolute Gasteiger partial charge is 0.358 e. The van der Waals surface area contributed by atoms with Crippen LogP contribution in [-0.4, -0.2) is 12.6 Å². The Kier molecular flexibility index (Phi) is 5.39. The number of hydrogen-bond donors (Lipinski definition) is 0. The van der Waals surface area contributed by atoms with Crippen LogP contribution in [0.1, 0.15) is 34.0 Å². The number of hydrogen-bond acceptors (Lipinski definition) is 2. The number of carbonyl (C=O) groups is 1. The second kappa shape index (κ2) is 7.07. The van der Waals surface area contributed by atoms with Gasteiger partial charge in [0.25, 0.3) is 0 Å². The maximum absolute atomic E-state index is 11.6. The molecule has 0 saturated carbocycles. The normalized spacial score (nSPS) is 10.5. The van der Waals surface area contributed by atoms with E-state index in [4.69, 9.17) is 4.74 Å². The fourth-order valence-electron chi connectivity index (χ4n) is 2.28. The summed E-state index contributed by atoms with van der Waals surface area (Å²) in [5.74, 6) is -0.245. The molecule has 110 valence electrons. The Bertz CT molecular complexity index is 622. The van der Waals surface area contributed by atoms with Gasteiger partial charge in [-0.15, -0.1) is 0 Å². The van der Waals surface area contributed by atoms with E-state index >= 15 is 0 Å². The largest absolute Gasteiger partial charge is 0.462 e. The molecular weight excluding hydrogens is 375 g/mol. The average molecular weight is 395 g/mol. The highest BCUT2D eigenvalue weighted by molar-refractivity contribution is 5.89. The SMILES string of the molecule is CCOC(=O)c1ccc([I+]c2c(C)cc(C)cc2C)cc1. The topological polar surface area (TPSA) is 26.3 Å². The number of ether oxygens (including phenoxy) is 1. The summed E-state index contributed by atoms with van der Waals surface area (Å²) >= 11 is -0.221. The third-order valence-electron chi connectivity index (χ3n) is 3.14. The molecule has 0 aliphatic heterocycles. The van der Waals surface area contributed by atoms with Crippen molar-refractivity contribution in [1.82, 2.24) is 0 Å². The van der Waals surface area contributed by atoms with Gasteiger partial charge in [-0.3, -0.25) is 0 Å². The van der Waals surface area contributed by atoms with Crippen molar-refractivity contribution in [3.8, 4) is 0 Å². The molecule has 0 aromatic heterocycles. The van der Waals surface area contributed by atoms with Gasteiger partial charge in [0.2, 0.25) is 0 Å². The Morgan fingerprint density at radius 1 is 1.05 bits per heavy atom.